The SMILES string of the molecule is CCCCCNC(=O)C(C)NCC(O)CC(C)(C)C. The third-order valence-corrected chi connectivity index (χ3v) is 2.98. The van der Waals surface area contributed by atoms with Gasteiger partial charge in [-0.25, -0.2) is 0 Å². The lowest BCUT2D eigenvalue weighted by atomic mass is 9.89. The number of unbranched alkanes of at least 4 members (excludes halogenated alkanes) is 2. The number of hydrogen-bond donors (Lipinski definition) is 3. The van der Waals surface area contributed by atoms with Crippen LogP contribution in [0.3, 0.4) is 0 Å². The molecule has 0 radical (unpaired) electrons. The molecule has 4 nitrogen and oxygen atoms in total. The maximum atomic E-state index is 11.7. The number of carbonyl (C=O) groups excluding carboxylic acids is 1. The van der Waals surface area contributed by atoms with Crippen molar-refractivity contribution in [3.8, 4) is 0 Å². The predicted octanol–water partition coefficient (Wildman–Crippen LogP) is 2.07. The molecule has 0 fully saturated rings. The summed E-state index contributed by atoms with van der Waals surface area (Å²) in [5, 5.41) is 15.9. The first-order valence-corrected chi connectivity index (χ1v) is 7.45. The molecular weight excluding hydrogens is 240 g/mol. The smallest absolute Gasteiger partial charge is 0.236 e. The second kappa shape index (κ2) is 9.32. The summed E-state index contributed by atoms with van der Waals surface area (Å²) in [4.78, 5) is 11.7. The van der Waals surface area contributed by atoms with E-state index in [9.17, 15) is 9.90 Å². The van der Waals surface area contributed by atoms with Gasteiger partial charge in [0.2, 0.25) is 5.91 Å². The maximum Gasteiger partial charge on any atom is 0.236 e. The summed E-state index contributed by atoms with van der Waals surface area (Å²) in [5.74, 6) is 0.0130. The fraction of sp³-hybridized carbons (Fsp3) is 0.933. The van der Waals surface area contributed by atoms with Gasteiger partial charge in [0, 0.05) is 13.1 Å². The van der Waals surface area contributed by atoms with Crippen LogP contribution in [0.15, 0.2) is 0 Å². The molecule has 0 heterocycles. The summed E-state index contributed by atoms with van der Waals surface area (Å²) in [7, 11) is 0. The molecule has 3 N–H and O–H groups in total. The summed E-state index contributed by atoms with van der Waals surface area (Å²) >= 11 is 0. The number of hydrogen-bond acceptors (Lipinski definition) is 3. The molecule has 19 heavy (non-hydrogen) atoms. The summed E-state index contributed by atoms with van der Waals surface area (Å²) in [6.07, 6.45) is 3.65. The number of amides is 1. The average Bonchev–Trinajstić information content (AvgIpc) is 2.29. The zero-order valence-electron chi connectivity index (χ0n) is 13.3. The zero-order valence-corrected chi connectivity index (χ0v) is 13.3. The molecule has 0 bridgehead atoms. The third kappa shape index (κ3) is 11.0. The van der Waals surface area contributed by atoms with Crippen LogP contribution in [0.25, 0.3) is 0 Å². The molecule has 4 heteroatoms. The number of carbonyl (C=O) groups is 1. The third-order valence-electron chi connectivity index (χ3n) is 2.98. The topological polar surface area (TPSA) is 61.4 Å². The summed E-state index contributed by atoms with van der Waals surface area (Å²) in [6.45, 7) is 11.5. The van der Waals surface area contributed by atoms with E-state index >= 15 is 0 Å². The van der Waals surface area contributed by atoms with Crippen molar-refractivity contribution < 1.29 is 9.90 Å². The van der Waals surface area contributed by atoms with Gasteiger partial charge in [0.15, 0.2) is 0 Å². The van der Waals surface area contributed by atoms with Crippen molar-refractivity contribution in [2.45, 2.75) is 72.4 Å². The monoisotopic (exact) mass is 272 g/mol. The molecule has 0 aromatic heterocycles. The Balaban J connectivity index is 3.78. The van der Waals surface area contributed by atoms with E-state index in [1.54, 1.807) is 0 Å². The first kappa shape index (κ1) is 18.4. The highest BCUT2D eigenvalue weighted by molar-refractivity contribution is 5.81. The molecule has 0 aromatic carbocycles. The fourth-order valence-electron chi connectivity index (χ4n) is 1.92. The van der Waals surface area contributed by atoms with E-state index in [0.717, 1.165) is 32.2 Å². The summed E-state index contributed by atoms with van der Waals surface area (Å²) in [5.41, 5.74) is 0.104. The highest BCUT2D eigenvalue weighted by Gasteiger charge is 2.18. The van der Waals surface area contributed by atoms with Crippen molar-refractivity contribution in [2.24, 2.45) is 5.41 Å². The lowest BCUT2D eigenvalue weighted by Crippen LogP contribution is -2.45. The molecule has 0 saturated heterocycles. The fourth-order valence-corrected chi connectivity index (χ4v) is 1.92. The van der Waals surface area contributed by atoms with Gasteiger partial charge < -0.3 is 15.7 Å². The van der Waals surface area contributed by atoms with Gasteiger partial charge in [-0.1, -0.05) is 40.5 Å². The molecule has 0 rings (SSSR count). The second-order valence-electron chi connectivity index (χ2n) is 6.55. The minimum atomic E-state index is -0.407. The van der Waals surface area contributed by atoms with Crippen molar-refractivity contribution in [2.75, 3.05) is 13.1 Å². The van der Waals surface area contributed by atoms with Crippen LogP contribution in [0.1, 0.15) is 60.3 Å². The van der Waals surface area contributed by atoms with E-state index in [1.165, 1.54) is 0 Å². The van der Waals surface area contributed by atoms with Crippen LogP contribution >= 0.6 is 0 Å². The molecule has 0 saturated carbocycles. The first-order chi connectivity index (χ1) is 8.76. The highest BCUT2D eigenvalue weighted by Crippen LogP contribution is 2.20. The molecular formula is C15H32N2O2. The molecule has 1 amide bonds. The van der Waals surface area contributed by atoms with Gasteiger partial charge in [-0.05, 0) is 25.2 Å². The van der Waals surface area contributed by atoms with Crippen molar-refractivity contribution in [3.05, 3.63) is 0 Å². The van der Waals surface area contributed by atoms with Gasteiger partial charge in [-0.3, -0.25) is 4.79 Å². The molecule has 0 aliphatic heterocycles. The molecule has 0 aliphatic carbocycles. The average molecular weight is 272 g/mol. The van der Waals surface area contributed by atoms with Crippen molar-refractivity contribution >= 4 is 5.91 Å². The van der Waals surface area contributed by atoms with E-state index in [1.807, 2.05) is 6.92 Å². The Bertz CT molecular complexity index is 249. The maximum absolute atomic E-state index is 11.7. The molecule has 114 valence electrons. The quantitative estimate of drug-likeness (QED) is 0.563. The van der Waals surface area contributed by atoms with E-state index in [2.05, 4.69) is 38.3 Å². The Labute approximate surface area is 118 Å². The molecule has 2 atom stereocenters. The number of nitrogens with one attached hydrogen (secondary N) is 2. The normalized spacial score (nSPS) is 15.1. The van der Waals surface area contributed by atoms with Crippen molar-refractivity contribution in [3.63, 3.8) is 0 Å². The summed E-state index contributed by atoms with van der Waals surface area (Å²) < 4.78 is 0. The van der Waals surface area contributed by atoms with Gasteiger partial charge in [0.05, 0.1) is 12.1 Å². The van der Waals surface area contributed by atoms with Crippen LogP contribution in [-0.2, 0) is 4.79 Å². The molecule has 0 aromatic rings. The van der Waals surface area contributed by atoms with Crippen LogP contribution in [0.4, 0.5) is 0 Å². The van der Waals surface area contributed by atoms with Crippen LogP contribution in [0.2, 0.25) is 0 Å². The van der Waals surface area contributed by atoms with Crippen LogP contribution in [0, 0.1) is 5.41 Å². The van der Waals surface area contributed by atoms with Crippen LogP contribution in [-0.4, -0.2) is 36.2 Å². The van der Waals surface area contributed by atoms with E-state index in [-0.39, 0.29) is 17.4 Å². The van der Waals surface area contributed by atoms with E-state index in [4.69, 9.17) is 0 Å². The van der Waals surface area contributed by atoms with Gasteiger partial charge in [0.1, 0.15) is 0 Å². The van der Waals surface area contributed by atoms with Crippen molar-refractivity contribution in [1.82, 2.24) is 10.6 Å². The Hall–Kier alpha value is -0.610. The van der Waals surface area contributed by atoms with Crippen LogP contribution < -0.4 is 10.6 Å². The standard InChI is InChI=1S/C15H32N2O2/c1-6-7-8-9-16-14(19)12(2)17-11-13(18)10-15(3,4)5/h12-13,17-18H,6-11H2,1-5H3,(H,16,19). The Morgan fingerprint density at radius 2 is 1.89 bits per heavy atom. The molecule has 2 unspecified atom stereocenters. The molecule has 0 aliphatic rings. The van der Waals surface area contributed by atoms with E-state index < -0.39 is 6.10 Å². The first-order valence-electron chi connectivity index (χ1n) is 7.45. The second-order valence-corrected chi connectivity index (χ2v) is 6.55. The summed E-state index contributed by atoms with van der Waals surface area (Å²) in [6, 6.07) is -0.253. The van der Waals surface area contributed by atoms with Crippen molar-refractivity contribution in [1.29, 1.82) is 0 Å². The lowest BCUT2D eigenvalue weighted by Gasteiger charge is -2.23. The molecule has 0 spiro atoms. The van der Waals surface area contributed by atoms with Gasteiger partial charge >= 0.3 is 0 Å². The highest BCUT2D eigenvalue weighted by atomic mass is 16.3. The van der Waals surface area contributed by atoms with Gasteiger partial charge in [-0.15, -0.1) is 0 Å². The largest absolute Gasteiger partial charge is 0.392 e. The minimum Gasteiger partial charge on any atom is -0.392 e. The number of aliphatic hydroxyl groups excluding tert-OH is 1. The van der Waals surface area contributed by atoms with E-state index in [0.29, 0.717) is 6.54 Å². The Kier molecular flexibility index (Phi) is 9.02. The van der Waals surface area contributed by atoms with Gasteiger partial charge in [0.25, 0.3) is 0 Å². The predicted molar refractivity (Wildman–Crippen MR) is 80.1 cm³/mol. The number of aliphatic hydroxyl groups is 1. The Morgan fingerprint density at radius 1 is 1.26 bits per heavy atom. The lowest BCUT2D eigenvalue weighted by molar-refractivity contribution is -0.122. The minimum absolute atomic E-state index is 0.0130. The Morgan fingerprint density at radius 3 is 2.42 bits per heavy atom. The zero-order chi connectivity index (χ0) is 14.9. The number of rotatable bonds is 9. The van der Waals surface area contributed by atoms with Crippen LogP contribution in [0.5, 0.6) is 0 Å². The van der Waals surface area contributed by atoms with Gasteiger partial charge in [-0.2, -0.15) is 0 Å².